The van der Waals surface area contributed by atoms with Crippen LogP contribution in [0.25, 0.3) is 0 Å². The average Bonchev–Trinajstić information content (AvgIpc) is 2.35. The summed E-state index contributed by atoms with van der Waals surface area (Å²) >= 11 is 0. The fraction of sp³-hybridized carbons (Fsp3) is 0.467. The molecular formula is C15H21N. The van der Waals surface area contributed by atoms with Crippen LogP contribution >= 0.6 is 0 Å². The van der Waals surface area contributed by atoms with Gasteiger partial charge in [-0.1, -0.05) is 43.2 Å². The summed E-state index contributed by atoms with van der Waals surface area (Å²) in [7, 11) is 2.03. The Morgan fingerprint density at radius 1 is 1.19 bits per heavy atom. The van der Waals surface area contributed by atoms with Crippen LogP contribution in [0.2, 0.25) is 0 Å². The second-order valence-corrected chi connectivity index (χ2v) is 4.06. The quantitative estimate of drug-likeness (QED) is 0.542. The van der Waals surface area contributed by atoms with Gasteiger partial charge in [-0.2, -0.15) is 0 Å². The number of hydrogen-bond acceptors (Lipinski definition) is 1. The first-order chi connectivity index (χ1) is 7.88. The number of benzene rings is 1. The third-order valence-electron chi connectivity index (χ3n) is 2.86. The molecule has 0 spiro atoms. The molecule has 0 saturated carbocycles. The topological polar surface area (TPSA) is 12.0 Å². The highest BCUT2D eigenvalue weighted by Gasteiger charge is 2.07. The van der Waals surface area contributed by atoms with Gasteiger partial charge in [-0.05, 0) is 25.5 Å². The summed E-state index contributed by atoms with van der Waals surface area (Å²) < 4.78 is 0. The third-order valence-corrected chi connectivity index (χ3v) is 2.86. The van der Waals surface area contributed by atoms with Gasteiger partial charge in [-0.25, -0.2) is 0 Å². The summed E-state index contributed by atoms with van der Waals surface area (Å²) in [6.45, 7) is 0. The Labute approximate surface area is 99.3 Å². The van der Waals surface area contributed by atoms with Crippen molar-refractivity contribution in [2.45, 2.75) is 38.1 Å². The van der Waals surface area contributed by atoms with E-state index in [0.29, 0.717) is 6.04 Å². The van der Waals surface area contributed by atoms with Gasteiger partial charge in [0.15, 0.2) is 0 Å². The molecule has 1 unspecified atom stereocenters. The number of nitrogens with one attached hydrogen (secondary N) is 1. The van der Waals surface area contributed by atoms with E-state index in [2.05, 4.69) is 41.6 Å². The molecule has 16 heavy (non-hydrogen) atoms. The fourth-order valence-corrected chi connectivity index (χ4v) is 1.92. The molecule has 1 heteroatoms. The zero-order chi connectivity index (χ0) is 11.6. The van der Waals surface area contributed by atoms with Gasteiger partial charge in [0.2, 0.25) is 0 Å². The molecule has 0 aliphatic carbocycles. The predicted octanol–water partition coefficient (Wildman–Crippen LogP) is 3.53. The van der Waals surface area contributed by atoms with Crippen LogP contribution in [0.4, 0.5) is 0 Å². The van der Waals surface area contributed by atoms with E-state index < -0.39 is 0 Å². The summed E-state index contributed by atoms with van der Waals surface area (Å²) in [6.07, 6.45) is 10.9. The van der Waals surface area contributed by atoms with Gasteiger partial charge in [-0.3, -0.25) is 0 Å². The highest BCUT2D eigenvalue weighted by Crippen LogP contribution is 2.19. The van der Waals surface area contributed by atoms with Gasteiger partial charge in [0.05, 0.1) is 0 Å². The second-order valence-electron chi connectivity index (χ2n) is 4.06. The Morgan fingerprint density at radius 2 is 1.94 bits per heavy atom. The average molecular weight is 215 g/mol. The standard InChI is InChI=1S/C15H21N/c1-3-4-5-6-10-13-15(16-2)14-11-8-7-9-12-14/h1,7-9,11-12,15-16H,4-6,10,13H2,2H3. The molecule has 0 radical (unpaired) electrons. The molecule has 0 heterocycles. The molecule has 0 aromatic heterocycles. The van der Waals surface area contributed by atoms with Crippen LogP contribution in [0, 0.1) is 12.3 Å². The van der Waals surface area contributed by atoms with E-state index in [-0.39, 0.29) is 0 Å². The van der Waals surface area contributed by atoms with Crippen molar-refractivity contribution in [2.24, 2.45) is 0 Å². The van der Waals surface area contributed by atoms with E-state index in [9.17, 15) is 0 Å². The van der Waals surface area contributed by atoms with Crippen molar-refractivity contribution in [3.8, 4) is 12.3 Å². The molecule has 1 N–H and O–H groups in total. The molecule has 1 atom stereocenters. The van der Waals surface area contributed by atoms with Crippen molar-refractivity contribution in [3.05, 3.63) is 35.9 Å². The van der Waals surface area contributed by atoms with Gasteiger partial charge in [-0.15, -0.1) is 12.3 Å². The molecule has 1 nitrogen and oxygen atoms in total. The minimum atomic E-state index is 0.479. The van der Waals surface area contributed by atoms with E-state index in [0.717, 1.165) is 12.8 Å². The molecule has 0 aliphatic rings. The van der Waals surface area contributed by atoms with Crippen molar-refractivity contribution < 1.29 is 0 Å². The van der Waals surface area contributed by atoms with Crippen LogP contribution in [-0.2, 0) is 0 Å². The highest BCUT2D eigenvalue weighted by molar-refractivity contribution is 5.18. The van der Waals surface area contributed by atoms with Crippen molar-refractivity contribution in [1.29, 1.82) is 0 Å². The van der Waals surface area contributed by atoms with E-state index in [4.69, 9.17) is 6.42 Å². The van der Waals surface area contributed by atoms with Crippen LogP contribution in [0.1, 0.15) is 43.7 Å². The maximum Gasteiger partial charge on any atom is 0.0317 e. The number of unbranched alkanes of at least 4 members (excludes halogenated alkanes) is 3. The Bertz CT molecular complexity index is 310. The SMILES string of the molecule is C#CCCCCCC(NC)c1ccccc1. The predicted molar refractivity (Wildman–Crippen MR) is 70.2 cm³/mol. The Morgan fingerprint density at radius 3 is 2.56 bits per heavy atom. The first-order valence-electron chi connectivity index (χ1n) is 6.04. The number of hydrogen-bond donors (Lipinski definition) is 1. The van der Waals surface area contributed by atoms with E-state index in [1.807, 2.05) is 7.05 Å². The van der Waals surface area contributed by atoms with Crippen molar-refractivity contribution in [1.82, 2.24) is 5.32 Å². The minimum absolute atomic E-state index is 0.479. The number of rotatable bonds is 7. The fourth-order valence-electron chi connectivity index (χ4n) is 1.92. The zero-order valence-corrected chi connectivity index (χ0v) is 10.1. The van der Waals surface area contributed by atoms with Crippen LogP contribution in [0.15, 0.2) is 30.3 Å². The van der Waals surface area contributed by atoms with Gasteiger partial charge >= 0.3 is 0 Å². The summed E-state index contributed by atoms with van der Waals surface area (Å²) in [4.78, 5) is 0. The molecule has 0 aliphatic heterocycles. The maximum absolute atomic E-state index is 5.23. The molecular weight excluding hydrogens is 194 g/mol. The van der Waals surface area contributed by atoms with Gasteiger partial charge in [0.25, 0.3) is 0 Å². The Kier molecular flexibility index (Phi) is 6.37. The first-order valence-corrected chi connectivity index (χ1v) is 6.04. The summed E-state index contributed by atoms with van der Waals surface area (Å²) in [6, 6.07) is 11.1. The molecule has 1 aromatic rings. The van der Waals surface area contributed by atoms with Gasteiger partial charge in [0, 0.05) is 12.5 Å². The Hall–Kier alpha value is -1.26. The molecule has 0 amide bonds. The lowest BCUT2D eigenvalue weighted by Crippen LogP contribution is -2.16. The van der Waals surface area contributed by atoms with Gasteiger partial charge in [0.1, 0.15) is 0 Å². The molecule has 1 rings (SSSR count). The lowest BCUT2D eigenvalue weighted by atomic mass is 10.0. The molecule has 1 aromatic carbocycles. The van der Waals surface area contributed by atoms with Crippen LogP contribution < -0.4 is 5.32 Å². The molecule has 0 bridgehead atoms. The normalized spacial score (nSPS) is 12.0. The molecule has 86 valence electrons. The van der Waals surface area contributed by atoms with Crippen molar-refractivity contribution in [2.75, 3.05) is 7.05 Å². The summed E-state index contributed by atoms with van der Waals surface area (Å²) in [5, 5.41) is 3.37. The lowest BCUT2D eigenvalue weighted by molar-refractivity contribution is 0.508. The summed E-state index contributed by atoms with van der Waals surface area (Å²) in [5.74, 6) is 2.69. The van der Waals surface area contributed by atoms with Crippen LogP contribution in [-0.4, -0.2) is 7.05 Å². The van der Waals surface area contributed by atoms with Gasteiger partial charge < -0.3 is 5.32 Å². The monoisotopic (exact) mass is 215 g/mol. The molecule has 0 saturated heterocycles. The van der Waals surface area contributed by atoms with E-state index in [1.54, 1.807) is 0 Å². The van der Waals surface area contributed by atoms with Crippen molar-refractivity contribution >= 4 is 0 Å². The number of terminal acetylenes is 1. The second kappa shape index (κ2) is 7.96. The third kappa shape index (κ3) is 4.51. The minimum Gasteiger partial charge on any atom is -0.313 e. The Balaban J connectivity index is 2.31. The van der Waals surface area contributed by atoms with Crippen molar-refractivity contribution in [3.63, 3.8) is 0 Å². The zero-order valence-electron chi connectivity index (χ0n) is 10.1. The maximum atomic E-state index is 5.23. The first kappa shape index (κ1) is 12.8. The highest BCUT2D eigenvalue weighted by atomic mass is 14.9. The van der Waals surface area contributed by atoms with Crippen LogP contribution in [0.5, 0.6) is 0 Å². The molecule has 0 fully saturated rings. The largest absolute Gasteiger partial charge is 0.313 e. The lowest BCUT2D eigenvalue weighted by Gasteiger charge is -2.16. The smallest absolute Gasteiger partial charge is 0.0317 e. The van der Waals surface area contributed by atoms with E-state index in [1.165, 1.54) is 24.8 Å². The van der Waals surface area contributed by atoms with Crippen LogP contribution in [0.3, 0.4) is 0 Å². The summed E-state index contributed by atoms with van der Waals surface area (Å²) in [5.41, 5.74) is 1.38. The van der Waals surface area contributed by atoms with E-state index >= 15 is 0 Å².